The molecule has 98 valence electrons. The highest BCUT2D eigenvalue weighted by molar-refractivity contribution is 7.97. The number of carbonyl (C=O) groups excluding carboxylic acids is 1. The molecule has 0 heterocycles. The Hall–Kier alpha value is -0.510. The maximum Gasteiger partial charge on any atom is 0.140 e. The lowest BCUT2D eigenvalue weighted by molar-refractivity contribution is -0.113. The van der Waals surface area contributed by atoms with Crippen LogP contribution in [0, 0.1) is 6.92 Å². The highest BCUT2D eigenvalue weighted by Gasteiger charge is 2.31. The van der Waals surface area contributed by atoms with Gasteiger partial charge in [0.15, 0.2) is 0 Å². The van der Waals surface area contributed by atoms with E-state index in [2.05, 4.69) is 4.72 Å². The molecule has 0 aromatic heterocycles. The van der Waals surface area contributed by atoms with Gasteiger partial charge in [0.2, 0.25) is 0 Å². The lowest BCUT2D eigenvalue weighted by atomic mass is 9.84. The van der Waals surface area contributed by atoms with Crippen LogP contribution < -0.4 is 4.72 Å². The van der Waals surface area contributed by atoms with Gasteiger partial charge in [-0.25, -0.2) is 4.72 Å². The second-order valence-electron chi connectivity index (χ2n) is 4.90. The van der Waals surface area contributed by atoms with E-state index >= 15 is 0 Å². The van der Waals surface area contributed by atoms with Gasteiger partial charge in [-0.05, 0) is 49.4 Å². The van der Waals surface area contributed by atoms with Crippen LogP contribution in [0.4, 0.5) is 0 Å². The average Bonchev–Trinajstić information content (AvgIpc) is 2.41. The van der Waals surface area contributed by atoms with Crippen LogP contribution >= 0.6 is 23.5 Å². The van der Waals surface area contributed by atoms with Crippen LogP contribution in [0.2, 0.25) is 5.02 Å². The first kappa shape index (κ1) is 13.9. The van der Waals surface area contributed by atoms with E-state index in [1.54, 1.807) is 0 Å². The fourth-order valence-electron chi connectivity index (χ4n) is 2.28. The van der Waals surface area contributed by atoms with E-state index in [0.717, 1.165) is 47.5 Å². The average molecular weight is 284 g/mol. The van der Waals surface area contributed by atoms with Crippen molar-refractivity contribution < 1.29 is 4.79 Å². The predicted octanol–water partition coefficient (Wildman–Crippen LogP) is 4.15. The Morgan fingerprint density at radius 3 is 2.72 bits per heavy atom. The van der Waals surface area contributed by atoms with Crippen molar-refractivity contribution in [3.8, 4) is 0 Å². The number of halogens is 1. The van der Waals surface area contributed by atoms with Gasteiger partial charge in [0.25, 0.3) is 0 Å². The molecular formula is C14H18ClNOS. The van der Waals surface area contributed by atoms with Crippen molar-refractivity contribution in [1.29, 1.82) is 0 Å². The molecule has 1 aliphatic rings. The third kappa shape index (κ3) is 3.08. The normalized spacial score (nSPS) is 18.6. The Balaban J connectivity index is 2.05. The van der Waals surface area contributed by atoms with E-state index in [-0.39, 0.29) is 5.54 Å². The molecule has 0 bridgehead atoms. The van der Waals surface area contributed by atoms with Gasteiger partial charge in [-0.3, -0.25) is 0 Å². The van der Waals surface area contributed by atoms with E-state index in [9.17, 15) is 4.79 Å². The quantitative estimate of drug-likeness (QED) is 0.665. The summed E-state index contributed by atoms with van der Waals surface area (Å²) in [5.41, 5.74) is 0.714. The van der Waals surface area contributed by atoms with Crippen molar-refractivity contribution in [3.63, 3.8) is 0 Å². The van der Waals surface area contributed by atoms with E-state index in [0.29, 0.717) is 0 Å². The molecule has 1 aromatic carbocycles. The Bertz CT molecular complexity index is 430. The minimum absolute atomic E-state index is 0.350. The summed E-state index contributed by atoms with van der Waals surface area (Å²) in [4.78, 5) is 12.4. The van der Waals surface area contributed by atoms with Crippen molar-refractivity contribution in [2.75, 3.05) is 0 Å². The van der Waals surface area contributed by atoms with Crippen molar-refractivity contribution in [1.82, 2.24) is 4.72 Å². The monoisotopic (exact) mass is 283 g/mol. The molecule has 2 rings (SSSR count). The molecule has 1 N–H and O–H groups in total. The third-order valence-electron chi connectivity index (χ3n) is 3.55. The summed E-state index contributed by atoms with van der Waals surface area (Å²) in [5.74, 6) is 0. The van der Waals surface area contributed by atoms with Gasteiger partial charge in [-0.2, -0.15) is 0 Å². The highest BCUT2D eigenvalue weighted by Crippen LogP contribution is 2.32. The van der Waals surface area contributed by atoms with Crippen LogP contribution in [-0.4, -0.2) is 11.8 Å². The molecular weight excluding hydrogens is 266 g/mol. The first-order chi connectivity index (χ1) is 8.67. The van der Waals surface area contributed by atoms with Gasteiger partial charge in [0.05, 0.1) is 5.54 Å². The van der Waals surface area contributed by atoms with Crippen LogP contribution in [0.25, 0.3) is 0 Å². The molecule has 0 atom stereocenters. The highest BCUT2D eigenvalue weighted by atomic mass is 35.5. The van der Waals surface area contributed by atoms with Gasteiger partial charge in [0.1, 0.15) is 6.29 Å². The lowest BCUT2D eigenvalue weighted by Gasteiger charge is -2.32. The summed E-state index contributed by atoms with van der Waals surface area (Å²) in [6, 6.07) is 5.85. The molecule has 1 aromatic rings. The maximum atomic E-state index is 11.4. The van der Waals surface area contributed by atoms with Gasteiger partial charge >= 0.3 is 0 Å². The number of rotatable bonds is 4. The van der Waals surface area contributed by atoms with Crippen molar-refractivity contribution in [2.45, 2.75) is 49.5 Å². The second kappa shape index (κ2) is 6.09. The summed E-state index contributed by atoms with van der Waals surface area (Å²) >= 11 is 7.62. The van der Waals surface area contributed by atoms with Crippen molar-refractivity contribution >= 4 is 29.8 Å². The molecule has 4 heteroatoms. The number of nitrogens with one attached hydrogen (secondary N) is 1. The van der Waals surface area contributed by atoms with Crippen LogP contribution in [0.15, 0.2) is 23.1 Å². The minimum Gasteiger partial charge on any atom is -0.301 e. The van der Waals surface area contributed by atoms with E-state index in [4.69, 9.17) is 11.6 Å². The lowest BCUT2D eigenvalue weighted by Crippen LogP contribution is -2.44. The zero-order valence-corrected chi connectivity index (χ0v) is 12.1. The molecule has 0 aliphatic heterocycles. The molecule has 1 saturated carbocycles. The molecule has 0 spiro atoms. The smallest absolute Gasteiger partial charge is 0.140 e. The number of hydrogen-bond acceptors (Lipinski definition) is 3. The minimum atomic E-state index is -0.350. The summed E-state index contributed by atoms with van der Waals surface area (Å²) in [6.07, 6.45) is 6.44. The van der Waals surface area contributed by atoms with Crippen LogP contribution in [-0.2, 0) is 4.79 Å². The van der Waals surface area contributed by atoms with E-state index in [1.165, 1.54) is 18.4 Å². The number of carbonyl (C=O) groups is 1. The molecule has 0 saturated heterocycles. The number of aldehydes is 1. The molecule has 18 heavy (non-hydrogen) atoms. The largest absolute Gasteiger partial charge is 0.301 e. The third-order valence-corrected chi connectivity index (χ3v) is 5.13. The van der Waals surface area contributed by atoms with E-state index in [1.807, 2.05) is 25.1 Å². The SMILES string of the molecule is Cc1c(Cl)cccc1SNC1(C=O)CCCCC1. The van der Waals surface area contributed by atoms with Gasteiger partial charge in [-0.15, -0.1) is 0 Å². The molecule has 0 amide bonds. The number of benzene rings is 1. The number of hydrogen-bond donors (Lipinski definition) is 1. The Morgan fingerprint density at radius 2 is 2.06 bits per heavy atom. The topological polar surface area (TPSA) is 29.1 Å². The van der Waals surface area contributed by atoms with Crippen molar-refractivity contribution in [3.05, 3.63) is 28.8 Å². The maximum absolute atomic E-state index is 11.4. The summed E-state index contributed by atoms with van der Waals surface area (Å²) in [5, 5.41) is 0.769. The molecule has 0 unspecified atom stereocenters. The van der Waals surface area contributed by atoms with Crippen LogP contribution in [0.5, 0.6) is 0 Å². The van der Waals surface area contributed by atoms with Gasteiger partial charge in [-0.1, -0.05) is 36.9 Å². The van der Waals surface area contributed by atoms with E-state index < -0.39 is 0 Å². The molecule has 0 radical (unpaired) electrons. The molecule has 2 nitrogen and oxygen atoms in total. The Labute approximate surface area is 118 Å². The first-order valence-corrected chi connectivity index (χ1v) is 7.52. The van der Waals surface area contributed by atoms with Gasteiger partial charge < -0.3 is 4.79 Å². The summed E-state index contributed by atoms with van der Waals surface area (Å²) in [7, 11) is 0. The van der Waals surface area contributed by atoms with Crippen LogP contribution in [0.3, 0.4) is 0 Å². The fraction of sp³-hybridized carbons (Fsp3) is 0.500. The Kier molecular flexibility index (Phi) is 4.71. The zero-order chi connectivity index (χ0) is 13.0. The van der Waals surface area contributed by atoms with Crippen LogP contribution in [0.1, 0.15) is 37.7 Å². The fourth-order valence-corrected chi connectivity index (χ4v) is 3.49. The predicted molar refractivity (Wildman–Crippen MR) is 77.1 cm³/mol. The van der Waals surface area contributed by atoms with Crippen molar-refractivity contribution in [2.24, 2.45) is 0 Å². The standard InChI is InChI=1S/C14H18ClNOS/c1-11-12(15)6-5-7-13(11)18-16-14(10-17)8-3-2-4-9-14/h5-7,10,16H,2-4,8-9H2,1H3. The second-order valence-corrected chi connectivity index (χ2v) is 6.16. The van der Waals surface area contributed by atoms with Gasteiger partial charge in [0, 0.05) is 9.92 Å². The zero-order valence-electron chi connectivity index (χ0n) is 10.5. The summed E-state index contributed by atoms with van der Waals surface area (Å²) in [6.45, 7) is 2.00. The Morgan fingerprint density at radius 1 is 1.33 bits per heavy atom. The first-order valence-electron chi connectivity index (χ1n) is 6.32. The molecule has 1 fully saturated rings. The summed E-state index contributed by atoms with van der Waals surface area (Å²) < 4.78 is 3.36. The molecule has 1 aliphatic carbocycles.